The fourth-order valence-electron chi connectivity index (χ4n) is 6.80. The van der Waals surface area contributed by atoms with Gasteiger partial charge in [0, 0.05) is 12.5 Å². The summed E-state index contributed by atoms with van der Waals surface area (Å²) in [6, 6.07) is -0.207. The maximum Gasteiger partial charge on any atom is 0.389 e. The fourth-order valence-corrected chi connectivity index (χ4v) is 6.80. The van der Waals surface area contributed by atoms with E-state index in [0.29, 0.717) is 16.7 Å². The number of nitrogens with one attached hydrogen (secondary N) is 1. The van der Waals surface area contributed by atoms with Crippen LogP contribution in [-0.2, 0) is 0 Å². The molecule has 21 heavy (non-hydrogen) atoms. The zero-order valence-corrected chi connectivity index (χ0v) is 13.0. The van der Waals surface area contributed by atoms with Gasteiger partial charge in [0.1, 0.15) is 0 Å². The molecule has 0 amide bonds. The van der Waals surface area contributed by atoms with Gasteiger partial charge in [0.15, 0.2) is 0 Å². The van der Waals surface area contributed by atoms with Crippen LogP contribution in [0.5, 0.6) is 0 Å². The van der Waals surface area contributed by atoms with Crippen LogP contribution in [0.4, 0.5) is 13.2 Å². The highest BCUT2D eigenvalue weighted by molar-refractivity contribution is 5.13. The van der Waals surface area contributed by atoms with E-state index in [-0.39, 0.29) is 17.9 Å². The average Bonchev–Trinajstić information content (AvgIpc) is 2.22. The SMILES string of the molecule is CC12CC3CC(C)(C1)CC(C(CCC(F)(F)F)NN)(C3)C2. The van der Waals surface area contributed by atoms with Gasteiger partial charge in [-0.05, 0) is 67.1 Å². The molecule has 4 bridgehead atoms. The zero-order chi connectivity index (χ0) is 15.5. The molecule has 4 aliphatic rings. The van der Waals surface area contributed by atoms with Crippen LogP contribution in [0, 0.1) is 22.2 Å². The van der Waals surface area contributed by atoms with Crippen LogP contribution in [0.1, 0.15) is 65.2 Å². The summed E-state index contributed by atoms with van der Waals surface area (Å²) in [6.07, 6.45) is 2.16. The van der Waals surface area contributed by atoms with Gasteiger partial charge in [0.2, 0.25) is 0 Å². The summed E-state index contributed by atoms with van der Waals surface area (Å²) in [7, 11) is 0. The number of halogens is 3. The normalized spacial score (nSPS) is 46.9. The second-order valence-corrected chi connectivity index (χ2v) is 8.87. The molecular weight excluding hydrogens is 277 g/mol. The molecule has 0 spiro atoms. The van der Waals surface area contributed by atoms with E-state index in [1.54, 1.807) is 0 Å². The standard InChI is InChI=1S/C16H27F3N2/c1-13-5-11-6-14(2,8-13)10-15(7-11,9-13)12(21-20)3-4-16(17,18)19/h11-12,21H,3-10,20H2,1-2H3. The largest absolute Gasteiger partial charge is 0.389 e. The molecule has 3 unspecified atom stereocenters. The molecule has 2 nitrogen and oxygen atoms in total. The van der Waals surface area contributed by atoms with Gasteiger partial charge in [0.05, 0.1) is 0 Å². The molecule has 4 rings (SSSR count). The molecule has 3 atom stereocenters. The first-order valence-electron chi connectivity index (χ1n) is 8.10. The van der Waals surface area contributed by atoms with Gasteiger partial charge in [-0.3, -0.25) is 11.3 Å². The molecule has 0 heterocycles. The lowest BCUT2D eigenvalue weighted by Gasteiger charge is -2.67. The first-order valence-corrected chi connectivity index (χ1v) is 8.10. The number of nitrogens with two attached hydrogens (primary N) is 1. The smallest absolute Gasteiger partial charge is 0.271 e. The van der Waals surface area contributed by atoms with E-state index in [1.165, 1.54) is 19.3 Å². The number of alkyl halides is 3. The highest BCUT2D eigenvalue weighted by Gasteiger charge is 2.62. The third-order valence-corrected chi connectivity index (χ3v) is 6.33. The van der Waals surface area contributed by atoms with Crippen LogP contribution in [0.2, 0.25) is 0 Å². The molecule has 0 aliphatic heterocycles. The topological polar surface area (TPSA) is 38.0 Å². The minimum absolute atomic E-state index is 0.0249. The van der Waals surface area contributed by atoms with Gasteiger partial charge < -0.3 is 0 Å². The lowest BCUT2D eigenvalue weighted by Crippen LogP contribution is -2.62. The van der Waals surface area contributed by atoms with Gasteiger partial charge in [0.25, 0.3) is 0 Å². The second-order valence-electron chi connectivity index (χ2n) is 8.87. The summed E-state index contributed by atoms with van der Waals surface area (Å²) in [5, 5.41) is 0. The van der Waals surface area contributed by atoms with Crippen molar-refractivity contribution in [2.45, 2.75) is 77.4 Å². The first kappa shape index (κ1) is 15.6. The van der Waals surface area contributed by atoms with Crippen LogP contribution in [0.25, 0.3) is 0 Å². The third kappa shape index (κ3) is 2.83. The quantitative estimate of drug-likeness (QED) is 0.604. The van der Waals surface area contributed by atoms with Gasteiger partial charge in [-0.1, -0.05) is 13.8 Å². The van der Waals surface area contributed by atoms with Crippen LogP contribution in [0.15, 0.2) is 0 Å². The Morgan fingerprint density at radius 1 is 1.10 bits per heavy atom. The molecule has 0 aromatic carbocycles. The van der Waals surface area contributed by atoms with E-state index in [0.717, 1.165) is 19.3 Å². The Kier molecular flexibility index (Phi) is 3.42. The third-order valence-electron chi connectivity index (χ3n) is 6.33. The van der Waals surface area contributed by atoms with Gasteiger partial charge in [-0.15, -0.1) is 0 Å². The van der Waals surface area contributed by atoms with Crippen molar-refractivity contribution in [2.24, 2.45) is 28.0 Å². The summed E-state index contributed by atoms with van der Waals surface area (Å²) in [6.45, 7) is 4.67. The van der Waals surface area contributed by atoms with Crippen molar-refractivity contribution < 1.29 is 13.2 Å². The molecule has 4 aliphatic carbocycles. The summed E-state index contributed by atoms with van der Waals surface area (Å²) >= 11 is 0. The lowest BCUT2D eigenvalue weighted by atomic mass is 9.39. The summed E-state index contributed by atoms with van der Waals surface area (Å²) in [5.74, 6) is 6.37. The Labute approximate surface area is 125 Å². The highest BCUT2D eigenvalue weighted by atomic mass is 19.4. The molecule has 4 fully saturated rings. The van der Waals surface area contributed by atoms with Gasteiger partial charge in [-0.25, -0.2) is 0 Å². The Balaban J connectivity index is 1.82. The molecule has 0 saturated heterocycles. The summed E-state index contributed by atoms with van der Waals surface area (Å²) in [4.78, 5) is 0. The molecule has 3 N–H and O–H groups in total. The molecule has 5 heteroatoms. The van der Waals surface area contributed by atoms with Crippen molar-refractivity contribution in [1.82, 2.24) is 5.43 Å². The van der Waals surface area contributed by atoms with Gasteiger partial charge in [-0.2, -0.15) is 13.2 Å². The zero-order valence-electron chi connectivity index (χ0n) is 13.0. The van der Waals surface area contributed by atoms with Crippen LogP contribution in [0.3, 0.4) is 0 Å². The fraction of sp³-hybridized carbons (Fsp3) is 1.00. The minimum Gasteiger partial charge on any atom is -0.271 e. The highest BCUT2D eigenvalue weighted by Crippen LogP contribution is 2.70. The van der Waals surface area contributed by atoms with E-state index < -0.39 is 12.6 Å². The Hall–Kier alpha value is -0.290. The van der Waals surface area contributed by atoms with Crippen molar-refractivity contribution in [3.8, 4) is 0 Å². The summed E-state index contributed by atoms with van der Waals surface area (Å²) in [5.41, 5.74) is 3.36. The Morgan fingerprint density at radius 2 is 1.67 bits per heavy atom. The lowest BCUT2D eigenvalue weighted by molar-refractivity contribution is -0.168. The van der Waals surface area contributed by atoms with E-state index >= 15 is 0 Å². The monoisotopic (exact) mass is 304 g/mol. The molecule has 0 aromatic heterocycles. The average molecular weight is 304 g/mol. The number of hydrogen-bond acceptors (Lipinski definition) is 2. The van der Waals surface area contributed by atoms with E-state index in [1.807, 2.05) is 0 Å². The van der Waals surface area contributed by atoms with E-state index in [9.17, 15) is 13.2 Å². The van der Waals surface area contributed by atoms with Gasteiger partial charge >= 0.3 is 6.18 Å². The van der Waals surface area contributed by atoms with E-state index in [2.05, 4.69) is 19.3 Å². The number of rotatable bonds is 4. The predicted molar refractivity (Wildman–Crippen MR) is 76.2 cm³/mol. The number of hydrogen-bond donors (Lipinski definition) is 2. The van der Waals surface area contributed by atoms with Crippen molar-refractivity contribution in [3.05, 3.63) is 0 Å². The molecule has 0 aromatic rings. The Bertz CT molecular complexity index is 402. The van der Waals surface area contributed by atoms with Crippen LogP contribution in [-0.4, -0.2) is 12.2 Å². The predicted octanol–water partition coefficient (Wildman–Crippen LogP) is 4.16. The van der Waals surface area contributed by atoms with Crippen LogP contribution >= 0.6 is 0 Å². The molecule has 122 valence electrons. The second kappa shape index (κ2) is 4.60. The van der Waals surface area contributed by atoms with Crippen molar-refractivity contribution in [3.63, 3.8) is 0 Å². The van der Waals surface area contributed by atoms with Crippen molar-refractivity contribution in [1.29, 1.82) is 0 Å². The maximum absolute atomic E-state index is 12.6. The van der Waals surface area contributed by atoms with Crippen molar-refractivity contribution in [2.75, 3.05) is 0 Å². The first-order chi connectivity index (χ1) is 9.57. The summed E-state index contributed by atoms with van der Waals surface area (Å²) < 4.78 is 37.8. The Morgan fingerprint density at radius 3 is 2.10 bits per heavy atom. The molecular formula is C16H27F3N2. The van der Waals surface area contributed by atoms with Crippen LogP contribution < -0.4 is 11.3 Å². The van der Waals surface area contributed by atoms with E-state index in [4.69, 9.17) is 5.84 Å². The number of hydrazine groups is 1. The molecule has 0 radical (unpaired) electrons. The maximum atomic E-state index is 12.6. The molecule has 4 saturated carbocycles. The van der Waals surface area contributed by atoms with Crippen molar-refractivity contribution >= 4 is 0 Å². The minimum atomic E-state index is -4.09.